The van der Waals surface area contributed by atoms with E-state index >= 15 is 0 Å². The SMILES string of the molecule is CC(=O)Nc1ccc2c(c1)Oc1ccc(NC(C)=O)cc1O2. The summed E-state index contributed by atoms with van der Waals surface area (Å²) in [6.07, 6.45) is 0. The lowest BCUT2D eigenvalue weighted by atomic mass is 10.2. The van der Waals surface area contributed by atoms with Crippen molar-refractivity contribution >= 4 is 23.2 Å². The van der Waals surface area contributed by atoms with Crippen molar-refractivity contribution in [2.75, 3.05) is 10.6 Å². The third kappa shape index (κ3) is 2.85. The third-order valence-electron chi connectivity index (χ3n) is 2.97. The van der Waals surface area contributed by atoms with Crippen LogP contribution in [0.5, 0.6) is 23.0 Å². The molecule has 0 radical (unpaired) electrons. The van der Waals surface area contributed by atoms with Crippen molar-refractivity contribution in [3.63, 3.8) is 0 Å². The van der Waals surface area contributed by atoms with Crippen molar-refractivity contribution in [1.29, 1.82) is 0 Å². The van der Waals surface area contributed by atoms with Crippen molar-refractivity contribution in [3.8, 4) is 23.0 Å². The highest BCUT2D eigenvalue weighted by Crippen LogP contribution is 2.46. The maximum absolute atomic E-state index is 11.1. The molecule has 3 rings (SSSR count). The largest absolute Gasteiger partial charge is 0.449 e. The highest BCUT2D eigenvalue weighted by atomic mass is 16.6. The van der Waals surface area contributed by atoms with E-state index in [0.717, 1.165) is 0 Å². The summed E-state index contributed by atoms with van der Waals surface area (Å²) in [4.78, 5) is 22.2. The van der Waals surface area contributed by atoms with Crippen LogP contribution in [-0.2, 0) is 9.59 Å². The first-order valence-corrected chi connectivity index (χ1v) is 6.70. The van der Waals surface area contributed by atoms with Gasteiger partial charge in [-0.15, -0.1) is 0 Å². The van der Waals surface area contributed by atoms with Gasteiger partial charge in [0, 0.05) is 37.4 Å². The van der Waals surface area contributed by atoms with Gasteiger partial charge in [0.05, 0.1) is 0 Å². The molecule has 0 bridgehead atoms. The number of carbonyl (C=O) groups is 2. The highest BCUT2D eigenvalue weighted by Gasteiger charge is 2.19. The average molecular weight is 298 g/mol. The summed E-state index contributed by atoms with van der Waals surface area (Å²) >= 11 is 0. The smallest absolute Gasteiger partial charge is 0.221 e. The van der Waals surface area contributed by atoms with Crippen LogP contribution in [0.2, 0.25) is 0 Å². The summed E-state index contributed by atoms with van der Waals surface area (Å²) in [5.74, 6) is 1.81. The molecule has 2 aromatic carbocycles. The van der Waals surface area contributed by atoms with Gasteiger partial charge in [0.25, 0.3) is 0 Å². The fourth-order valence-corrected chi connectivity index (χ4v) is 2.14. The summed E-state index contributed by atoms with van der Waals surface area (Å²) in [5.41, 5.74) is 1.27. The molecule has 2 amide bonds. The molecule has 0 saturated carbocycles. The van der Waals surface area contributed by atoms with Crippen LogP contribution < -0.4 is 20.1 Å². The summed E-state index contributed by atoms with van der Waals surface area (Å²) in [5, 5.41) is 5.38. The van der Waals surface area contributed by atoms with Gasteiger partial charge in [0.1, 0.15) is 0 Å². The van der Waals surface area contributed by atoms with Gasteiger partial charge >= 0.3 is 0 Å². The molecule has 0 aliphatic carbocycles. The van der Waals surface area contributed by atoms with Gasteiger partial charge in [0.2, 0.25) is 11.8 Å². The van der Waals surface area contributed by atoms with Crippen LogP contribution in [0.15, 0.2) is 36.4 Å². The van der Waals surface area contributed by atoms with Gasteiger partial charge in [-0.3, -0.25) is 9.59 Å². The van der Waals surface area contributed by atoms with E-state index in [-0.39, 0.29) is 11.8 Å². The minimum absolute atomic E-state index is 0.156. The van der Waals surface area contributed by atoms with E-state index in [9.17, 15) is 9.59 Å². The monoisotopic (exact) mass is 298 g/mol. The highest BCUT2D eigenvalue weighted by molar-refractivity contribution is 5.90. The maximum Gasteiger partial charge on any atom is 0.221 e. The van der Waals surface area contributed by atoms with Crippen LogP contribution in [0.1, 0.15) is 13.8 Å². The standard InChI is InChI=1S/C16H14N2O4/c1-9(19)17-11-3-5-13-15(7-11)21-14-6-4-12(18-10(2)20)8-16(14)22-13/h3-8H,1-2H3,(H,17,19)(H,18,20). The van der Waals surface area contributed by atoms with Crippen molar-refractivity contribution in [2.24, 2.45) is 0 Å². The molecular formula is C16H14N2O4. The van der Waals surface area contributed by atoms with Crippen LogP contribution in [0.3, 0.4) is 0 Å². The van der Waals surface area contributed by atoms with Gasteiger partial charge in [-0.1, -0.05) is 0 Å². The van der Waals surface area contributed by atoms with E-state index in [4.69, 9.17) is 9.47 Å². The second-order valence-electron chi connectivity index (χ2n) is 4.89. The van der Waals surface area contributed by atoms with Crippen LogP contribution in [0.25, 0.3) is 0 Å². The van der Waals surface area contributed by atoms with E-state index in [1.165, 1.54) is 13.8 Å². The molecule has 0 unspecified atom stereocenters. The Labute approximate surface area is 127 Å². The molecule has 112 valence electrons. The molecule has 1 aliphatic rings. The molecule has 0 fully saturated rings. The lowest BCUT2D eigenvalue weighted by Gasteiger charge is -2.21. The number of rotatable bonds is 2. The molecule has 2 N–H and O–H groups in total. The van der Waals surface area contributed by atoms with Crippen LogP contribution in [0, 0.1) is 0 Å². The molecular weight excluding hydrogens is 284 g/mol. The number of hydrogen-bond acceptors (Lipinski definition) is 4. The number of carbonyl (C=O) groups excluding carboxylic acids is 2. The van der Waals surface area contributed by atoms with E-state index in [2.05, 4.69) is 10.6 Å². The molecule has 1 aliphatic heterocycles. The molecule has 0 aromatic heterocycles. The quantitative estimate of drug-likeness (QED) is 0.759. The zero-order chi connectivity index (χ0) is 15.7. The Morgan fingerprint density at radius 3 is 1.50 bits per heavy atom. The van der Waals surface area contributed by atoms with Crippen molar-refractivity contribution in [3.05, 3.63) is 36.4 Å². The minimum atomic E-state index is -0.156. The van der Waals surface area contributed by atoms with Crippen LogP contribution >= 0.6 is 0 Å². The first-order valence-electron chi connectivity index (χ1n) is 6.70. The zero-order valence-corrected chi connectivity index (χ0v) is 12.1. The Hall–Kier alpha value is -3.02. The van der Waals surface area contributed by atoms with Crippen molar-refractivity contribution in [2.45, 2.75) is 13.8 Å². The van der Waals surface area contributed by atoms with E-state index in [0.29, 0.717) is 34.4 Å². The lowest BCUT2D eigenvalue weighted by Crippen LogP contribution is -2.08. The molecule has 1 heterocycles. The summed E-state index contributed by atoms with van der Waals surface area (Å²) < 4.78 is 11.5. The number of benzene rings is 2. The Balaban J connectivity index is 1.88. The summed E-state index contributed by atoms with van der Waals surface area (Å²) in [6.45, 7) is 2.88. The van der Waals surface area contributed by atoms with Gasteiger partial charge in [0.15, 0.2) is 23.0 Å². The molecule has 0 saturated heterocycles. The number of amides is 2. The molecule has 6 heteroatoms. The Bertz CT molecular complexity index is 705. The van der Waals surface area contributed by atoms with Crippen LogP contribution in [0.4, 0.5) is 11.4 Å². The zero-order valence-electron chi connectivity index (χ0n) is 12.1. The maximum atomic E-state index is 11.1. The van der Waals surface area contributed by atoms with E-state index in [1.54, 1.807) is 36.4 Å². The summed E-state index contributed by atoms with van der Waals surface area (Å²) in [7, 11) is 0. The number of hydrogen-bond donors (Lipinski definition) is 2. The lowest BCUT2D eigenvalue weighted by molar-refractivity contribution is -0.115. The predicted octanol–water partition coefficient (Wildman–Crippen LogP) is 3.50. The van der Waals surface area contributed by atoms with Gasteiger partial charge in [-0.05, 0) is 24.3 Å². The van der Waals surface area contributed by atoms with E-state index in [1.807, 2.05) is 0 Å². The number of nitrogens with one attached hydrogen (secondary N) is 2. The Kier molecular flexibility index (Phi) is 3.42. The first kappa shape index (κ1) is 13.9. The van der Waals surface area contributed by atoms with Gasteiger partial charge in [-0.25, -0.2) is 0 Å². The number of ether oxygens (including phenoxy) is 2. The Morgan fingerprint density at radius 1 is 0.727 bits per heavy atom. The third-order valence-corrected chi connectivity index (χ3v) is 2.97. The average Bonchev–Trinajstić information content (AvgIpc) is 2.44. The van der Waals surface area contributed by atoms with Gasteiger partial charge < -0.3 is 20.1 Å². The molecule has 2 aromatic rings. The van der Waals surface area contributed by atoms with Crippen molar-refractivity contribution < 1.29 is 19.1 Å². The second kappa shape index (κ2) is 5.40. The summed E-state index contributed by atoms with van der Waals surface area (Å²) in [6, 6.07) is 10.3. The number of fused-ring (bicyclic) bond motifs is 2. The first-order chi connectivity index (χ1) is 10.5. The molecule has 6 nitrogen and oxygen atoms in total. The van der Waals surface area contributed by atoms with Crippen LogP contribution in [-0.4, -0.2) is 11.8 Å². The van der Waals surface area contributed by atoms with Gasteiger partial charge in [-0.2, -0.15) is 0 Å². The molecule has 0 spiro atoms. The minimum Gasteiger partial charge on any atom is -0.449 e. The Morgan fingerprint density at radius 2 is 1.14 bits per heavy atom. The molecule has 22 heavy (non-hydrogen) atoms. The predicted molar refractivity (Wildman–Crippen MR) is 81.6 cm³/mol. The second-order valence-corrected chi connectivity index (χ2v) is 4.89. The topological polar surface area (TPSA) is 76.7 Å². The number of anilines is 2. The fourth-order valence-electron chi connectivity index (χ4n) is 2.14. The molecule has 0 atom stereocenters. The van der Waals surface area contributed by atoms with E-state index < -0.39 is 0 Å². The van der Waals surface area contributed by atoms with Crippen molar-refractivity contribution in [1.82, 2.24) is 0 Å². The fraction of sp³-hybridized carbons (Fsp3) is 0.125. The normalized spacial score (nSPS) is 11.4.